The van der Waals surface area contributed by atoms with Crippen molar-refractivity contribution in [1.82, 2.24) is 15.2 Å². The van der Waals surface area contributed by atoms with Crippen molar-refractivity contribution in [3.05, 3.63) is 23.4 Å². The van der Waals surface area contributed by atoms with Gasteiger partial charge < -0.3 is 10.2 Å². The molecule has 23 heavy (non-hydrogen) atoms. The molecule has 3 heterocycles. The number of carbonyl (C=O) groups excluding carboxylic acids is 1. The number of rotatable bonds is 1. The molecule has 1 fully saturated rings. The van der Waals surface area contributed by atoms with Crippen LogP contribution in [0.1, 0.15) is 29.8 Å². The molecule has 1 unspecified atom stereocenters. The van der Waals surface area contributed by atoms with Gasteiger partial charge in [-0.25, -0.2) is 4.98 Å². The number of alkyl halides is 3. The lowest BCUT2D eigenvalue weighted by Crippen LogP contribution is -2.57. The number of hydrogen-bond donors (Lipinski definition) is 1. The fraction of sp³-hybridized carbons (Fsp3) is 0.600. The molecule has 1 amide bonds. The summed E-state index contributed by atoms with van der Waals surface area (Å²) in [5.41, 5.74) is -0.897. The van der Waals surface area contributed by atoms with E-state index < -0.39 is 17.6 Å². The summed E-state index contributed by atoms with van der Waals surface area (Å²) in [5, 5.41) is 2.72. The van der Waals surface area contributed by atoms with E-state index in [1.807, 2.05) is 4.90 Å². The molecule has 1 aromatic rings. The molecule has 1 aromatic heterocycles. The second-order valence-corrected chi connectivity index (χ2v) is 6.24. The first kappa shape index (κ1) is 16.0. The zero-order chi connectivity index (χ0) is 16.8. The van der Waals surface area contributed by atoms with E-state index in [9.17, 15) is 18.0 Å². The lowest BCUT2D eigenvalue weighted by molar-refractivity contribution is -0.137. The zero-order valence-electron chi connectivity index (χ0n) is 13.0. The highest BCUT2D eigenvalue weighted by molar-refractivity contribution is 5.99. The van der Waals surface area contributed by atoms with Crippen LogP contribution in [0.25, 0.3) is 0 Å². The molecule has 2 aliphatic rings. The predicted octanol–water partition coefficient (Wildman–Crippen LogP) is 1.74. The van der Waals surface area contributed by atoms with Crippen LogP contribution in [0, 0.1) is 0 Å². The van der Waals surface area contributed by atoms with Gasteiger partial charge in [0.2, 0.25) is 0 Å². The third-order valence-electron chi connectivity index (χ3n) is 4.45. The van der Waals surface area contributed by atoms with E-state index in [1.165, 1.54) is 0 Å². The normalized spacial score (nSPS) is 22.4. The first-order valence-electron chi connectivity index (χ1n) is 7.63. The number of nitrogens with one attached hydrogen (secondary N) is 1. The van der Waals surface area contributed by atoms with Crippen LogP contribution in [-0.2, 0) is 6.18 Å². The Morgan fingerprint density at radius 1 is 1.35 bits per heavy atom. The van der Waals surface area contributed by atoms with Crippen LogP contribution in [0.4, 0.5) is 19.0 Å². The fourth-order valence-electron chi connectivity index (χ4n) is 3.12. The summed E-state index contributed by atoms with van der Waals surface area (Å²) >= 11 is 0. The van der Waals surface area contributed by atoms with Gasteiger partial charge in [-0.3, -0.25) is 9.69 Å². The Labute approximate surface area is 132 Å². The Hall–Kier alpha value is -1.83. The molecule has 0 aromatic carbocycles. The van der Waals surface area contributed by atoms with Gasteiger partial charge in [-0.1, -0.05) is 0 Å². The third-order valence-corrected chi connectivity index (χ3v) is 4.45. The van der Waals surface area contributed by atoms with Crippen LogP contribution in [0.3, 0.4) is 0 Å². The summed E-state index contributed by atoms with van der Waals surface area (Å²) in [5.74, 6) is -0.148. The van der Waals surface area contributed by atoms with Crippen molar-refractivity contribution in [2.75, 3.05) is 31.1 Å². The maximum absolute atomic E-state index is 12.9. The standard InChI is InChI=1S/C15H19F3N4O/c1-9(2)21-3-4-22-11(8-21)7-20-14(23)12-5-10(15(16,17)18)6-19-13(12)22/h5-6,9,11H,3-4,7-8H2,1-2H3,(H,20,23). The van der Waals surface area contributed by atoms with Crippen molar-refractivity contribution in [2.45, 2.75) is 32.1 Å². The summed E-state index contributed by atoms with van der Waals surface area (Å²) in [6.45, 7) is 6.80. The van der Waals surface area contributed by atoms with Crippen molar-refractivity contribution in [1.29, 1.82) is 0 Å². The van der Waals surface area contributed by atoms with Crippen molar-refractivity contribution in [2.24, 2.45) is 0 Å². The van der Waals surface area contributed by atoms with Crippen LogP contribution in [0.2, 0.25) is 0 Å². The van der Waals surface area contributed by atoms with Gasteiger partial charge in [0.1, 0.15) is 5.82 Å². The number of anilines is 1. The molecule has 1 saturated heterocycles. The number of hydrogen-bond acceptors (Lipinski definition) is 4. The summed E-state index contributed by atoms with van der Waals surface area (Å²) in [6.07, 6.45) is -3.70. The molecule has 0 radical (unpaired) electrons. The van der Waals surface area contributed by atoms with Gasteiger partial charge >= 0.3 is 6.18 Å². The minimum atomic E-state index is -4.51. The highest BCUT2D eigenvalue weighted by Gasteiger charge is 2.37. The Morgan fingerprint density at radius 2 is 2.09 bits per heavy atom. The van der Waals surface area contributed by atoms with E-state index in [2.05, 4.69) is 29.0 Å². The van der Waals surface area contributed by atoms with E-state index in [1.54, 1.807) is 0 Å². The second kappa shape index (κ2) is 5.67. The molecule has 126 valence electrons. The largest absolute Gasteiger partial charge is 0.417 e. The molecule has 0 spiro atoms. The third kappa shape index (κ3) is 2.99. The molecule has 0 saturated carbocycles. The predicted molar refractivity (Wildman–Crippen MR) is 79.4 cm³/mol. The van der Waals surface area contributed by atoms with Gasteiger partial charge in [0.25, 0.3) is 5.91 Å². The monoisotopic (exact) mass is 328 g/mol. The van der Waals surface area contributed by atoms with Gasteiger partial charge in [0.05, 0.1) is 17.2 Å². The molecular formula is C15H19F3N4O. The first-order valence-corrected chi connectivity index (χ1v) is 7.63. The highest BCUT2D eigenvalue weighted by atomic mass is 19.4. The van der Waals surface area contributed by atoms with Crippen LogP contribution in [-0.4, -0.2) is 54.1 Å². The first-order chi connectivity index (χ1) is 10.8. The number of piperazine rings is 1. The topological polar surface area (TPSA) is 48.5 Å². The van der Waals surface area contributed by atoms with Crippen LogP contribution >= 0.6 is 0 Å². The summed E-state index contributed by atoms with van der Waals surface area (Å²) in [7, 11) is 0. The maximum atomic E-state index is 12.9. The van der Waals surface area contributed by atoms with Crippen LogP contribution < -0.4 is 10.2 Å². The molecule has 8 heteroatoms. The lowest BCUT2D eigenvalue weighted by atomic mass is 10.1. The molecular weight excluding hydrogens is 309 g/mol. The van der Waals surface area contributed by atoms with E-state index in [0.717, 1.165) is 25.4 Å². The molecule has 2 aliphatic heterocycles. The maximum Gasteiger partial charge on any atom is 0.417 e. The lowest BCUT2D eigenvalue weighted by Gasteiger charge is -2.43. The average molecular weight is 328 g/mol. The number of amides is 1. The zero-order valence-corrected chi connectivity index (χ0v) is 13.0. The molecule has 1 atom stereocenters. The number of pyridine rings is 1. The highest BCUT2D eigenvalue weighted by Crippen LogP contribution is 2.33. The van der Waals surface area contributed by atoms with Gasteiger partial charge in [-0.2, -0.15) is 13.2 Å². The molecule has 0 bridgehead atoms. The van der Waals surface area contributed by atoms with Crippen molar-refractivity contribution in [3.63, 3.8) is 0 Å². The number of fused-ring (bicyclic) bond motifs is 3. The van der Waals surface area contributed by atoms with Crippen molar-refractivity contribution >= 4 is 11.7 Å². The van der Waals surface area contributed by atoms with Crippen molar-refractivity contribution < 1.29 is 18.0 Å². The minimum absolute atomic E-state index is 0.000298. The fourth-order valence-corrected chi connectivity index (χ4v) is 3.12. The Bertz CT molecular complexity index is 617. The number of nitrogens with zero attached hydrogens (tertiary/aromatic N) is 3. The average Bonchev–Trinajstić information content (AvgIpc) is 2.63. The number of carbonyl (C=O) groups is 1. The van der Waals surface area contributed by atoms with E-state index >= 15 is 0 Å². The summed E-state index contributed by atoms with van der Waals surface area (Å²) < 4.78 is 38.6. The Morgan fingerprint density at radius 3 is 2.74 bits per heavy atom. The smallest absolute Gasteiger partial charge is 0.350 e. The quantitative estimate of drug-likeness (QED) is 0.853. The van der Waals surface area contributed by atoms with Crippen LogP contribution in [0.15, 0.2) is 12.3 Å². The molecule has 0 aliphatic carbocycles. The van der Waals surface area contributed by atoms with Crippen molar-refractivity contribution in [3.8, 4) is 0 Å². The Kier molecular flexibility index (Phi) is 3.95. The summed E-state index contributed by atoms with van der Waals surface area (Å²) in [4.78, 5) is 20.4. The van der Waals surface area contributed by atoms with Gasteiger partial charge in [0, 0.05) is 38.4 Å². The van der Waals surface area contributed by atoms with E-state index in [-0.39, 0.29) is 11.6 Å². The Balaban J connectivity index is 1.96. The van der Waals surface area contributed by atoms with E-state index in [0.29, 0.717) is 24.9 Å². The van der Waals surface area contributed by atoms with Gasteiger partial charge in [-0.05, 0) is 19.9 Å². The van der Waals surface area contributed by atoms with E-state index in [4.69, 9.17) is 0 Å². The van der Waals surface area contributed by atoms with Gasteiger partial charge in [-0.15, -0.1) is 0 Å². The van der Waals surface area contributed by atoms with Gasteiger partial charge in [0.15, 0.2) is 0 Å². The van der Waals surface area contributed by atoms with Crippen LogP contribution in [0.5, 0.6) is 0 Å². The molecule has 3 rings (SSSR count). The molecule has 5 nitrogen and oxygen atoms in total. The number of halogens is 3. The number of aromatic nitrogens is 1. The molecule has 1 N–H and O–H groups in total. The minimum Gasteiger partial charge on any atom is -0.350 e. The SMILES string of the molecule is CC(C)N1CCN2c3ncc(C(F)(F)F)cc3C(=O)NCC2C1. The second-order valence-electron chi connectivity index (χ2n) is 6.24. The summed E-state index contributed by atoms with van der Waals surface area (Å²) in [6, 6.07) is 1.30.